The third-order valence-electron chi connectivity index (χ3n) is 7.69. The maximum Gasteiger partial charge on any atom is 0.272 e. The van der Waals surface area contributed by atoms with Crippen molar-refractivity contribution in [3.63, 3.8) is 0 Å². The predicted octanol–water partition coefficient (Wildman–Crippen LogP) is 4.58. The monoisotopic (exact) mass is 541 g/mol. The van der Waals surface area contributed by atoms with Crippen LogP contribution in [0.2, 0.25) is 0 Å². The van der Waals surface area contributed by atoms with Crippen molar-refractivity contribution in [1.82, 2.24) is 30.0 Å². The van der Waals surface area contributed by atoms with E-state index in [1.54, 1.807) is 29.8 Å². The molecule has 200 valence electrons. The van der Waals surface area contributed by atoms with E-state index < -0.39 is 0 Å². The number of thiazole rings is 1. The molecule has 6 rings (SSSR count). The zero-order valence-electron chi connectivity index (χ0n) is 22.1. The van der Waals surface area contributed by atoms with E-state index >= 15 is 0 Å². The maximum atomic E-state index is 13.4. The molecule has 1 aromatic carbocycles. The Balaban J connectivity index is 1.16. The normalized spacial score (nSPS) is 18.8. The number of hydrogen-bond acceptors (Lipinski definition) is 7. The van der Waals surface area contributed by atoms with E-state index in [9.17, 15) is 9.59 Å². The van der Waals surface area contributed by atoms with Crippen LogP contribution in [-0.2, 0) is 12.8 Å². The van der Waals surface area contributed by atoms with Crippen LogP contribution in [0.4, 0.5) is 5.13 Å². The highest BCUT2D eigenvalue weighted by Gasteiger charge is 2.32. The summed E-state index contributed by atoms with van der Waals surface area (Å²) >= 11 is 1.58. The standard InChI is InChI=1S/C29H31N7O2S/c1-35(2)21-8-9-26-23(16-21)31-29(39-26)32-27(37)20-6-3-5-19(15-20)25-7-4-14-36(25)28(38)24-17-22(33-34-24)18-10-12-30-13-11-18/h3,5-6,10-13,15,17,21,25H,4,7-9,14,16H2,1-2H3,(H,33,34)(H,31,32,37)/t21-,25+/m0/s1. The smallest absolute Gasteiger partial charge is 0.272 e. The van der Waals surface area contributed by atoms with Crippen molar-refractivity contribution in [1.29, 1.82) is 0 Å². The van der Waals surface area contributed by atoms with Crippen LogP contribution in [0.15, 0.2) is 54.9 Å². The van der Waals surface area contributed by atoms with Gasteiger partial charge in [-0.15, -0.1) is 11.3 Å². The van der Waals surface area contributed by atoms with E-state index in [2.05, 4.69) is 39.5 Å². The highest BCUT2D eigenvalue weighted by molar-refractivity contribution is 7.15. The second kappa shape index (κ2) is 10.7. The molecule has 39 heavy (non-hydrogen) atoms. The number of hydrogen-bond donors (Lipinski definition) is 2. The average Bonchev–Trinajstić information content (AvgIpc) is 3.72. The van der Waals surface area contributed by atoms with Crippen molar-refractivity contribution in [2.75, 3.05) is 26.0 Å². The van der Waals surface area contributed by atoms with Gasteiger partial charge >= 0.3 is 0 Å². The summed E-state index contributed by atoms with van der Waals surface area (Å²) in [6, 6.07) is 13.5. The van der Waals surface area contributed by atoms with Crippen LogP contribution in [0.25, 0.3) is 11.3 Å². The van der Waals surface area contributed by atoms with Gasteiger partial charge in [-0.3, -0.25) is 25.0 Å². The number of nitrogens with zero attached hydrogens (tertiary/aromatic N) is 5. The second-order valence-electron chi connectivity index (χ2n) is 10.4. The Morgan fingerprint density at radius 2 is 1.97 bits per heavy atom. The second-order valence-corrected chi connectivity index (χ2v) is 11.5. The summed E-state index contributed by atoms with van der Waals surface area (Å²) in [4.78, 5) is 40.8. The highest BCUT2D eigenvalue weighted by Crippen LogP contribution is 2.34. The Hall–Kier alpha value is -3.89. The fourth-order valence-corrected chi connectivity index (χ4v) is 6.52. The molecule has 0 unspecified atom stereocenters. The molecule has 1 aliphatic carbocycles. The van der Waals surface area contributed by atoms with Crippen molar-refractivity contribution in [2.45, 2.75) is 44.2 Å². The average molecular weight is 542 g/mol. The van der Waals surface area contributed by atoms with Crippen LogP contribution in [0.3, 0.4) is 0 Å². The summed E-state index contributed by atoms with van der Waals surface area (Å²) < 4.78 is 0. The van der Waals surface area contributed by atoms with E-state index in [0.717, 1.165) is 48.9 Å². The van der Waals surface area contributed by atoms with Crippen molar-refractivity contribution < 1.29 is 9.59 Å². The Labute approximate surface area is 231 Å². The van der Waals surface area contributed by atoms with Gasteiger partial charge in [0, 0.05) is 47.4 Å². The molecule has 4 aromatic rings. The number of aryl methyl sites for hydroxylation is 1. The summed E-state index contributed by atoms with van der Waals surface area (Å²) in [5.41, 5.74) is 4.67. The molecule has 0 spiro atoms. The number of anilines is 1. The molecule has 10 heteroatoms. The fourth-order valence-electron chi connectivity index (χ4n) is 5.52. The van der Waals surface area contributed by atoms with Gasteiger partial charge in [-0.1, -0.05) is 12.1 Å². The summed E-state index contributed by atoms with van der Waals surface area (Å²) in [7, 11) is 4.21. The minimum absolute atomic E-state index is 0.0930. The topological polar surface area (TPSA) is 107 Å². The minimum Gasteiger partial charge on any atom is -0.330 e. The van der Waals surface area contributed by atoms with E-state index in [4.69, 9.17) is 4.98 Å². The first kappa shape index (κ1) is 25.4. The lowest BCUT2D eigenvalue weighted by atomic mass is 9.97. The fraction of sp³-hybridized carbons (Fsp3) is 0.345. The third kappa shape index (κ3) is 5.22. The molecule has 2 atom stereocenters. The lowest BCUT2D eigenvalue weighted by molar-refractivity contribution is 0.0729. The minimum atomic E-state index is -0.182. The van der Waals surface area contributed by atoms with Gasteiger partial charge in [-0.25, -0.2) is 4.98 Å². The number of pyridine rings is 1. The van der Waals surface area contributed by atoms with Crippen molar-refractivity contribution in [3.8, 4) is 11.3 Å². The molecule has 0 bridgehead atoms. The molecule has 4 heterocycles. The largest absolute Gasteiger partial charge is 0.330 e. The first-order valence-electron chi connectivity index (χ1n) is 13.3. The number of fused-ring (bicyclic) bond motifs is 1. The Bertz CT molecular complexity index is 1500. The number of aromatic nitrogens is 4. The Morgan fingerprint density at radius 3 is 2.79 bits per heavy atom. The van der Waals surface area contributed by atoms with E-state index in [1.165, 1.54) is 4.88 Å². The van der Waals surface area contributed by atoms with Crippen molar-refractivity contribution in [3.05, 3.63) is 82.3 Å². The Kier molecular flexibility index (Phi) is 6.97. The number of aromatic amines is 1. The first-order valence-corrected chi connectivity index (χ1v) is 14.1. The number of nitrogens with one attached hydrogen (secondary N) is 2. The molecule has 2 N–H and O–H groups in total. The van der Waals surface area contributed by atoms with E-state index in [1.807, 2.05) is 41.3 Å². The molecule has 1 saturated heterocycles. The molecule has 1 fully saturated rings. The van der Waals surface area contributed by atoms with Crippen LogP contribution < -0.4 is 5.32 Å². The molecular formula is C29H31N7O2S. The summed E-state index contributed by atoms with van der Waals surface area (Å²) in [6.07, 6.45) is 8.16. The molecule has 9 nitrogen and oxygen atoms in total. The number of amides is 2. The van der Waals surface area contributed by atoms with Gasteiger partial charge in [0.2, 0.25) is 0 Å². The number of H-pyrrole nitrogens is 1. The van der Waals surface area contributed by atoms with Crippen molar-refractivity contribution in [2.24, 2.45) is 0 Å². The summed E-state index contributed by atoms with van der Waals surface area (Å²) in [6.45, 7) is 0.655. The van der Waals surface area contributed by atoms with Crippen LogP contribution in [0, 0.1) is 0 Å². The summed E-state index contributed by atoms with van der Waals surface area (Å²) in [5, 5.41) is 10.9. The maximum absolute atomic E-state index is 13.4. The summed E-state index contributed by atoms with van der Waals surface area (Å²) in [5.74, 6) is -0.275. The molecule has 1 aliphatic heterocycles. The van der Waals surface area contributed by atoms with Gasteiger partial charge in [0.1, 0.15) is 5.69 Å². The lowest BCUT2D eigenvalue weighted by Crippen LogP contribution is -2.33. The lowest BCUT2D eigenvalue weighted by Gasteiger charge is -2.27. The zero-order chi connectivity index (χ0) is 26.9. The van der Waals surface area contributed by atoms with Gasteiger partial charge in [0.05, 0.1) is 17.4 Å². The molecule has 2 amide bonds. The van der Waals surface area contributed by atoms with Crippen LogP contribution >= 0.6 is 11.3 Å². The molecule has 0 saturated carbocycles. The van der Waals surface area contributed by atoms with Crippen LogP contribution in [0.1, 0.15) is 62.3 Å². The van der Waals surface area contributed by atoms with E-state index in [-0.39, 0.29) is 17.9 Å². The predicted molar refractivity (Wildman–Crippen MR) is 151 cm³/mol. The van der Waals surface area contributed by atoms with Crippen LogP contribution in [0.5, 0.6) is 0 Å². The number of likely N-dealkylation sites (tertiary alicyclic amines) is 1. The number of carbonyl (C=O) groups excluding carboxylic acids is 2. The molecule has 0 radical (unpaired) electrons. The first-order chi connectivity index (χ1) is 19.0. The number of carbonyl (C=O) groups is 2. The molecule has 2 aliphatic rings. The van der Waals surface area contributed by atoms with Gasteiger partial charge in [-0.2, -0.15) is 5.10 Å². The SMILES string of the molecule is CN(C)[C@H]1CCc2sc(NC(=O)c3cccc([C@H]4CCCN4C(=O)c4cc(-c5ccncc5)n[nH]4)c3)nc2C1. The quantitative estimate of drug-likeness (QED) is 0.370. The number of rotatable bonds is 6. The number of likely N-dealkylation sites (N-methyl/N-ethyl adjacent to an activating group) is 1. The highest BCUT2D eigenvalue weighted by atomic mass is 32.1. The van der Waals surface area contributed by atoms with E-state index in [0.29, 0.717) is 34.7 Å². The van der Waals surface area contributed by atoms with Gasteiger partial charge in [-0.05, 0) is 75.7 Å². The van der Waals surface area contributed by atoms with Crippen LogP contribution in [-0.4, -0.2) is 68.5 Å². The van der Waals surface area contributed by atoms with Gasteiger partial charge < -0.3 is 9.80 Å². The zero-order valence-corrected chi connectivity index (χ0v) is 22.9. The Morgan fingerprint density at radius 1 is 1.13 bits per heavy atom. The third-order valence-corrected chi connectivity index (χ3v) is 8.77. The molecular weight excluding hydrogens is 510 g/mol. The molecule has 3 aromatic heterocycles. The van der Waals surface area contributed by atoms with Gasteiger partial charge in [0.15, 0.2) is 5.13 Å². The van der Waals surface area contributed by atoms with Gasteiger partial charge in [0.25, 0.3) is 11.8 Å². The number of benzene rings is 1. The van der Waals surface area contributed by atoms with Crippen molar-refractivity contribution >= 4 is 28.3 Å².